The SMILES string of the molecule is O=C(c1cccc(C2CCC2)c1)c1cc2c(s1)CCC2. The molecule has 0 bridgehead atoms. The Labute approximate surface area is 123 Å². The third-order valence-electron chi connectivity index (χ3n) is 4.70. The molecule has 2 aliphatic carbocycles. The zero-order valence-electron chi connectivity index (χ0n) is 11.5. The zero-order chi connectivity index (χ0) is 13.5. The maximum atomic E-state index is 12.6. The normalized spacial score (nSPS) is 17.8. The first-order valence-corrected chi connectivity index (χ1v) is 8.39. The monoisotopic (exact) mass is 282 g/mol. The average molecular weight is 282 g/mol. The van der Waals surface area contributed by atoms with Gasteiger partial charge in [-0.25, -0.2) is 0 Å². The minimum Gasteiger partial charge on any atom is -0.288 e. The summed E-state index contributed by atoms with van der Waals surface area (Å²) in [4.78, 5) is 15.0. The highest BCUT2D eigenvalue weighted by molar-refractivity contribution is 7.14. The molecular weight excluding hydrogens is 264 g/mol. The lowest BCUT2D eigenvalue weighted by molar-refractivity contribution is 0.104. The predicted octanol–water partition coefficient (Wildman–Crippen LogP) is 4.74. The molecule has 1 nitrogen and oxygen atoms in total. The van der Waals surface area contributed by atoms with Crippen molar-refractivity contribution in [3.05, 3.63) is 56.8 Å². The van der Waals surface area contributed by atoms with Crippen molar-refractivity contribution >= 4 is 17.1 Å². The number of fused-ring (bicyclic) bond motifs is 1. The Kier molecular flexibility index (Phi) is 2.99. The van der Waals surface area contributed by atoms with E-state index in [9.17, 15) is 4.79 Å². The summed E-state index contributed by atoms with van der Waals surface area (Å²) in [5, 5.41) is 0. The van der Waals surface area contributed by atoms with E-state index in [0.717, 1.165) is 23.3 Å². The molecule has 102 valence electrons. The Morgan fingerprint density at radius 1 is 1.10 bits per heavy atom. The molecule has 0 radical (unpaired) electrons. The van der Waals surface area contributed by atoms with E-state index in [-0.39, 0.29) is 5.78 Å². The van der Waals surface area contributed by atoms with Crippen molar-refractivity contribution in [1.82, 2.24) is 0 Å². The number of thiophene rings is 1. The molecule has 2 aliphatic rings. The van der Waals surface area contributed by atoms with Crippen LogP contribution < -0.4 is 0 Å². The van der Waals surface area contributed by atoms with Crippen molar-refractivity contribution in [3.8, 4) is 0 Å². The molecule has 1 fully saturated rings. The van der Waals surface area contributed by atoms with Crippen molar-refractivity contribution in [2.75, 3.05) is 0 Å². The van der Waals surface area contributed by atoms with E-state index in [1.54, 1.807) is 11.3 Å². The van der Waals surface area contributed by atoms with Gasteiger partial charge in [-0.2, -0.15) is 0 Å². The molecule has 2 heteroatoms. The minimum absolute atomic E-state index is 0.213. The summed E-state index contributed by atoms with van der Waals surface area (Å²) in [5.74, 6) is 0.904. The number of hydrogen-bond donors (Lipinski definition) is 0. The molecule has 2 aromatic rings. The maximum Gasteiger partial charge on any atom is 0.202 e. The fourth-order valence-electron chi connectivity index (χ4n) is 3.26. The number of ketones is 1. The maximum absolute atomic E-state index is 12.6. The van der Waals surface area contributed by atoms with E-state index in [0.29, 0.717) is 5.92 Å². The Hall–Kier alpha value is -1.41. The van der Waals surface area contributed by atoms with Crippen molar-refractivity contribution in [3.63, 3.8) is 0 Å². The molecule has 20 heavy (non-hydrogen) atoms. The van der Waals surface area contributed by atoms with Gasteiger partial charge in [-0.15, -0.1) is 11.3 Å². The summed E-state index contributed by atoms with van der Waals surface area (Å²) in [6.07, 6.45) is 7.47. The minimum atomic E-state index is 0.213. The highest BCUT2D eigenvalue weighted by Gasteiger charge is 2.22. The quantitative estimate of drug-likeness (QED) is 0.743. The molecular formula is C18H18OS. The van der Waals surface area contributed by atoms with Crippen molar-refractivity contribution in [1.29, 1.82) is 0 Å². The second-order valence-corrected chi connectivity index (χ2v) is 7.13. The zero-order valence-corrected chi connectivity index (χ0v) is 12.3. The number of carbonyl (C=O) groups excluding carboxylic acids is 1. The summed E-state index contributed by atoms with van der Waals surface area (Å²) in [5.41, 5.74) is 3.63. The lowest BCUT2D eigenvalue weighted by atomic mass is 9.79. The van der Waals surface area contributed by atoms with Crippen LogP contribution in [0, 0.1) is 0 Å². The van der Waals surface area contributed by atoms with Crippen LogP contribution in [0.5, 0.6) is 0 Å². The van der Waals surface area contributed by atoms with Gasteiger partial charge in [-0.3, -0.25) is 4.79 Å². The van der Waals surface area contributed by atoms with Gasteiger partial charge in [0.25, 0.3) is 0 Å². The molecule has 0 atom stereocenters. The molecule has 0 amide bonds. The topological polar surface area (TPSA) is 17.1 Å². The first-order chi connectivity index (χ1) is 9.81. The van der Waals surface area contributed by atoms with Gasteiger partial charge >= 0.3 is 0 Å². The van der Waals surface area contributed by atoms with Crippen LogP contribution in [0.2, 0.25) is 0 Å². The molecule has 4 rings (SSSR count). The van der Waals surface area contributed by atoms with Gasteiger partial charge in [0.1, 0.15) is 0 Å². The highest BCUT2D eigenvalue weighted by Crippen LogP contribution is 2.37. The van der Waals surface area contributed by atoms with E-state index >= 15 is 0 Å². The molecule has 0 saturated heterocycles. The van der Waals surface area contributed by atoms with E-state index in [1.165, 1.54) is 41.7 Å². The number of carbonyl (C=O) groups is 1. The van der Waals surface area contributed by atoms with Crippen LogP contribution in [0.4, 0.5) is 0 Å². The first kappa shape index (κ1) is 12.3. The molecule has 1 saturated carbocycles. The Morgan fingerprint density at radius 2 is 2.00 bits per heavy atom. The van der Waals surface area contributed by atoms with Gasteiger partial charge in [0.15, 0.2) is 0 Å². The standard InChI is InChI=1S/C18H18OS/c19-18(17-11-14-7-3-9-16(14)20-17)15-8-2-6-13(10-15)12-4-1-5-12/h2,6,8,10-12H,1,3-5,7,9H2. The van der Waals surface area contributed by atoms with Crippen LogP contribution in [0.25, 0.3) is 0 Å². The van der Waals surface area contributed by atoms with Crippen LogP contribution >= 0.6 is 11.3 Å². The molecule has 0 N–H and O–H groups in total. The van der Waals surface area contributed by atoms with Crippen molar-refractivity contribution in [2.45, 2.75) is 44.4 Å². The van der Waals surface area contributed by atoms with Crippen LogP contribution in [-0.2, 0) is 12.8 Å². The fraction of sp³-hybridized carbons (Fsp3) is 0.389. The third kappa shape index (κ3) is 2.03. The van der Waals surface area contributed by atoms with Gasteiger partial charge < -0.3 is 0 Å². The number of benzene rings is 1. The highest BCUT2D eigenvalue weighted by atomic mass is 32.1. The fourth-order valence-corrected chi connectivity index (χ4v) is 4.47. The van der Waals surface area contributed by atoms with Crippen molar-refractivity contribution in [2.24, 2.45) is 0 Å². The smallest absolute Gasteiger partial charge is 0.202 e. The van der Waals surface area contributed by atoms with E-state index in [4.69, 9.17) is 0 Å². The summed E-state index contributed by atoms with van der Waals surface area (Å²) in [7, 11) is 0. The first-order valence-electron chi connectivity index (χ1n) is 7.57. The molecule has 1 aromatic heterocycles. The van der Waals surface area contributed by atoms with Crippen LogP contribution in [0.1, 0.15) is 62.8 Å². The third-order valence-corrected chi connectivity index (χ3v) is 5.93. The van der Waals surface area contributed by atoms with E-state index in [1.807, 2.05) is 12.1 Å². The summed E-state index contributed by atoms with van der Waals surface area (Å²) < 4.78 is 0. The Bertz CT molecular complexity index is 642. The molecule has 1 heterocycles. The Balaban J connectivity index is 1.63. The van der Waals surface area contributed by atoms with Gasteiger partial charge in [0.2, 0.25) is 5.78 Å². The molecule has 0 aliphatic heterocycles. The largest absolute Gasteiger partial charge is 0.288 e. The predicted molar refractivity (Wildman–Crippen MR) is 82.8 cm³/mol. The molecule has 1 aromatic carbocycles. The lowest BCUT2D eigenvalue weighted by Gasteiger charge is -2.26. The van der Waals surface area contributed by atoms with Crippen LogP contribution in [0.15, 0.2) is 30.3 Å². The number of rotatable bonds is 3. The van der Waals surface area contributed by atoms with Crippen LogP contribution in [0.3, 0.4) is 0 Å². The molecule has 0 spiro atoms. The Morgan fingerprint density at radius 3 is 2.75 bits per heavy atom. The molecule has 0 unspecified atom stereocenters. The summed E-state index contributed by atoms with van der Waals surface area (Å²) in [6, 6.07) is 10.4. The average Bonchev–Trinajstić information content (AvgIpc) is 2.96. The van der Waals surface area contributed by atoms with Gasteiger partial charge in [-0.1, -0.05) is 24.6 Å². The number of aryl methyl sites for hydroxylation is 2. The second kappa shape index (κ2) is 4.85. The van der Waals surface area contributed by atoms with Gasteiger partial charge in [0, 0.05) is 10.4 Å². The van der Waals surface area contributed by atoms with Gasteiger partial charge in [0.05, 0.1) is 4.88 Å². The van der Waals surface area contributed by atoms with E-state index in [2.05, 4.69) is 18.2 Å². The number of hydrogen-bond acceptors (Lipinski definition) is 2. The summed E-state index contributed by atoms with van der Waals surface area (Å²) in [6.45, 7) is 0. The van der Waals surface area contributed by atoms with E-state index < -0.39 is 0 Å². The lowest BCUT2D eigenvalue weighted by Crippen LogP contribution is -2.09. The van der Waals surface area contributed by atoms with Gasteiger partial charge in [-0.05, 0) is 61.3 Å². The second-order valence-electron chi connectivity index (χ2n) is 6.00. The van der Waals surface area contributed by atoms with Crippen molar-refractivity contribution < 1.29 is 4.79 Å². The summed E-state index contributed by atoms with van der Waals surface area (Å²) >= 11 is 1.71. The van der Waals surface area contributed by atoms with Crippen LogP contribution in [-0.4, -0.2) is 5.78 Å².